The van der Waals surface area contributed by atoms with Crippen molar-refractivity contribution >= 4 is 0 Å². The Bertz CT molecular complexity index is 156. The highest BCUT2D eigenvalue weighted by molar-refractivity contribution is 4.82. The van der Waals surface area contributed by atoms with Crippen molar-refractivity contribution in [2.75, 3.05) is 26.7 Å². The monoisotopic (exact) mass is 200 g/mol. The van der Waals surface area contributed by atoms with Gasteiger partial charge in [0.05, 0.1) is 0 Å². The lowest BCUT2D eigenvalue weighted by Crippen LogP contribution is -2.48. The minimum atomic E-state index is 0.278. The van der Waals surface area contributed by atoms with Gasteiger partial charge in [0.15, 0.2) is 0 Å². The molecule has 2 nitrogen and oxygen atoms in total. The van der Waals surface area contributed by atoms with Crippen LogP contribution in [0.2, 0.25) is 0 Å². The lowest BCUT2D eigenvalue weighted by Gasteiger charge is -2.40. The van der Waals surface area contributed by atoms with Crippen LogP contribution in [0.3, 0.4) is 0 Å². The van der Waals surface area contributed by atoms with E-state index in [9.17, 15) is 0 Å². The number of nitrogens with zero attached hydrogens (tertiary/aromatic N) is 1. The number of nitrogens with one attached hydrogen (secondary N) is 1. The first-order chi connectivity index (χ1) is 6.23. The van der Waals surface area contributed by atoms with E-state index in [1.807, 2.05) is 7.05 Å². The van der Waals surface area contributed by atoms with E-state index in [-0.39, 0.29) is 5.54 Å². The molecule has 0 aromatic heterocycles. The smallest absolute Gasteiger partial charge is 0.0125 e. The minimum Gasteiger partial charge on any atom is -0.319 e. The van der Waals surface area contributed by atoms with Crippen molar-refractivity contribution in [1.29, 1.82) is 0 Å². The molecule has 0 aliphatic rings. The van der Waals surface area contributed by atoms with Crippen LogP contribution in [0, 0.1) is 5.41 Å². The van der Waals surface area contributed by atoms with E-state index in [0.29, 0.717) is 5.41 Å². The Kier molecular flexibility index (Phi) is 5.10. The fraction of sp³-hybridized carbons (Fsp3) is 1.00. The van der Waals surface area contributed by atoms with Gasteiger partial charge < -0.3 is 5.32 Å². The van der Waals surface area contributed by atoms with Gasteiger partial charge in [-0.3, -0.25) is 4.90 Å². The van der Waals surface area contributed by atoms with Crippen molar-refractivity contribution in [2.24, 2.45) is 5.41 Å². The van der Waals surface area contributed by atoms with Crippen LogP contribution in [0.5, 0.6) is 0 Å². The van der Waals surface area contributed by atoms with Crippen LogP contribution in [-0.2, 0) is 0 Å². The third-order valence-electron chi connectivity index (χ3n) is 2.60. The van der Waals surface area contributed by atoms with E-state index < -0.39 is 0 Å². The van der Waals surface area contributed by atoms with Crippen LogP contribution in [0.15, 0.2) is 0 Å². The highest BCUT2D eigenvalue weighted by atomic mass is 15.2. The van der Waals surface area contributed by atoms with Crippen molar-refractivity contribution < 1.29 is 0 Å². The first-order valence-electron chi connectivity index (χ1n) is 5.62. The molecule has 0 fully saturated rings. The van der Waals surface area contributed by atoms with E-state index in [4.69, 9.17) is 0 Å². The molecular weight excluding hydrogens is 172 g/mol. The standard InChI is InChI=1S/C12H28N2/c1-8-14(11(2,3)4)10-12(5,6)9-13-7/h13H,8-10H2,1-7H3. The maximum Gasteiger partial charge on any atom is 0.0125 e. The number of hydrogen-bond donors (Lipinski definition) is 1. The third-order valence-corrected chi connectivity index (χ3v) is 2.60. The van der Waals surface area contributed by atoms with Crippen molar-refractivity contribution in [1.82, 2.24) is 10.2 Å². The van der Waals surface area contributed by atoms with E-state index in [0.717, 1.165) is 19.6 Å². The van der Waals surface area contributed by atoms with Gasteiger partial charge in [0.25, 0.3) is 0 Å². The Morgan fingerprint density at radius 2 is 1.57 bits per heavy atom. The molecule has 0 spiro atoms. The van der Waals surface area contributed by atoms with Gasteiger partial charge in [-0.25, -0.2) is 0 Å². The number of rotatable bonds is 5. The molecule has 0 aliphatic carbocycles. The SMILES string of the molecule is CCN(CC(C)(C)CNC)C(C)(C)C. The van der Waals surface area contributed by atoms with Crippen LogP contribution in [0.1, 0.15) is 41.5 Å². The van der Waals surface area contributed by atoms with Gasteiger partial charge in [0.1, 0.15) is 0 Å². The topological polar surface area (TPSA) is 15.3 Å². The molecule has 0 atom stereocenters. The average Bonchev–Trinajstić information content (AvgIpc) is 1.98. The van der Waals surface area contributed by atoms with Crippen LogP contribution in [0.4, 0.5) is 0 Å². The minimum absolute atomic E-state index is 0.278. The molecule has 14 heavy (non-hydrogen) atoms. The molecule has 0 rings (SSSR count). The zero-order valence-corrected chi connectivity index (χ0v) is 11.1. The summed E-state index contributed by atoms with van der Waals surface area (Å²) < 4.78 is 0. The Morgan fingerprint density at radius 1 is 1.07 bits per heavy atom. The molecular formula is C12H28N2. The molecule has 0 bridgehead atoms. The van der Waals surface area contributed by atoms with Crippen LogP contribution in [0.25, 0.3) is 0 Å². The molecule has 1 N–H and O–H groups in total. The lowest BCUT2D eigenvalue weighted by atomic mass is 9.90. The molecule has 86 valence electrons. The van der Waals surface area contributed by atoms with Crippen molar-refractivity contribution in [3.8, 4) is 0 Å². The zero-order chi connectivity index (χ0) is 11.4. The van der Waals surface area contributed by atoms with E-state index in [1.165, 1.54) is 0 Å². The first kappa shape index (κ1) is 13.9. The highest BCUT2D eigenvalue weighted by Gasteiger charge is 2.26. The van der Waals surface area contributed by atoms with E-state index in [2.05, 4.69) is 51.8 Å². The van der Waals surface area contributed by atoms with Gasteiger partial charge in [-0.2, -0.15) is 0 Å². The molecule has 0 heterocycles. The summed E-state index contributed by atoms with van der Waals surface area (Å²) in [6, 6.07) is 0. The van der Waals surface area contributed by atoms with Crippen LogP contribution in [-0.4, -0.2) is 37.1 Å². The Balaban J connectivity index is 4.31. The molecule has 0 radical (unpaired) electrons. The molecule has 0 aromatic carbocycles. The summed E-state index contributed by atoms with van der Waals surface area (Å²) in [7, 11) is 2.02. The fourth-order valence-corrected chi connectivity index (χ4v) is 1.87. The summed E-state index contributed by atoms with van der Waals surface area (Å²) >= 11 is 0. The van der Waals surface area contributed by atoms with Gasteiger partial charge in [0.2, 0.25) is 0 Å². The molecule has 2 heteroatoms. The quantitative estimate of drug-likeness (QED) is 0.733. The van der Waals surface area contributed by atoms with Gasteiger partial charge >= 0.3 is 0 Å². The summed E-state index contributed by atoms with van der Waals surface area (Å²) in [4.78, 5) is 2.53. The summed E-state index contributed by atoms with van der Waals surface area (Å²) in [5, 5.41) is 3.26. The third kappa shape index (κ3) is 4.97. The predicted octanol–water partition coefficient (Wildman–Crippen LogP) is 2.35. The van der Waals surface area contributed by atoms with Gasteiger partial charge in [0, 0.05) is 18.6 Å². The summed E-state index contributed by atoms with van der Waals surface area (Å²) in [6.07, 6.45) is 0. The largest absolute Gasteiger partial charge is 0.319 e. The second-order valence-corrected chi connectivity index (χ2v) is 5.88. The Morgan fingerprint density at radius 3 is 1.86 bits per heavy atom. The van der Waals surface area contributed by atoms with Crippen LogP contribution >= 0.6 is 0 Å². The van der Waals surface area contributed by atoms with Crippen molar-refractivity contribution in [3.05, 3.63) is 0 Å². The van der Waals surface area contributed by atoms with Gasteiger partial charge in [-0.05, 0) is 39.8 Å². The Hall–Kier alpha value is -0.0800. The second kappa shape index (κ2) is 5.13. The summed E-state index contributed by atoms with van der Waals surface area (Å²) in [5.41, 5.74) is 0.623. The zero-order valence-electron chi connectivity index (χ0n) is 11.1. The molecule has 0 saturated carbocycles. The summed E-state index contributed by atoms with van der Waals surface area (Å²) in [5.74, 6) is 0. The molecule has 0 aromatic rings. The van der Waals surface area contributed by atoms with Crippen LogP contribution < -0.4 is 5.32 Å². The highest BCUT2D eigenvalue weighted by Crippen LogP contribution is 2.21. The normalized spacial score (nSPS) is 13.7. The van der Waals surface area contributed by atoms with E-state index in [1.54, 1.807) is 0 Å². The van der Waals surface area contributed by atoms with Crippen molar-refractivity contribution in [3.63, 3.8) is 0 Å². The van der Waals surface area contributed by atoms with Crippen molar-refractivity contribution in [2.45, 2.75) is 47.1 Å². The maximum absolute atomic E-state index is 3.26. The molecule has 0 unspecified atom stereocenters. The molecule has 0 aliphatic heterocycles. The fourth-order valence-electron chi connectivity index (χ4n) is 1.87. The second-order valence-electron chi connectivity index (χ2n) is 5.88. The van der Waals surface area contributed by atoms with E-state index >= 15 is 0 Å². The lowest BCUT2D eigenvalue weighted by molar-refractivity contribution is 0.0909. The predicted molar refractivity (Wildman–Crippen MR) is 64.7 cm³/mol. The van der Waals surface area contributed by atoms with Gasteiger partial charge in [-0.15, -0.1) is 0 Å². The first-order valence-corrected chi connectivity index (χ1v) is 5.62. The average molecular weight is 200 g/mol. The number of hydrogen-bond acceptors (Lipinski definition) is 2. The molecule has 0 saturated heterocycles. The molecule has 0 amide bonds. The maximum atomic E-state index is 3.26. The summed E-state index contributed by atoms with van der Waals surface area (Å²) in [6.45, 7) is 17.1. The Labute approximate surface area is 90.1 Å². The van der Waals surface area contributed by atoms with Gasteiger partial charge in [-0.1, -0.05) is 20.8 Å².